The molecule has 0 aliphatic rings. The van der Waals surface area contributed by atoms with Crippen LogP contribution in [-0.4, -0.2) is 48.3 Å². The summed E-state index contributed by atoms with van der Waals surface area (Å²) < 4.78 is 34.5. The van der Waals surface area contributed by atoms with Crippen LogP contribution in [0, 0.1) is 0 Å². The second-order valence-electron chi connectivity index (χ2n) is 4.21. The highest BCUT2D eigenvalue weighted by atomic mass is 19.3. The van der Waals surface area contributed by atoms with Crippen molar-refractivity contribution < 1.29 is 32.6 Å². The second-order valence-corrected chi connectivity index (χ2v) is 4.21. The fourth-order valence-corrected chi connectivity index (χ4v) is 1.61. The summed E-state index contributed by atoms with van der Waals surface area (Å²) in [7, 11) is 2.38. The third kappa shape index (κ3) is 5.11. The molecule has 1 rings (SSSR count). The number of rotatable bonds is 7. The lowest BCUT2D eigenvalue weighted by molar-refractivity contribution is -0.144. The Hall–Kier alpha value is -2.52. The van der Waals surface area contributed by atoms with Gasteiger partial charge in [-0.05, 0) is 0 Å². The molecule has 1 aromatic rings. The van der Waals surface area contributed by atoms with E-state index >= 15 is 0 Å². The van der Waals surface area contributed by atoms with E-state index in [1.807, 2.05) is 5.32 Å². The molecular formula is C12H15F2N3O5. The zero-order chi connectivity index (χ0) is 16.7. The third-order valence-corrected chi connectivity index (χ3v) is 2.70. The van der Waals surface area contributed by atoms with Crippen molar-refractivity contribution in [3.8, 4) is 0 Å². The summed E-state index contributed by atoms with van der Waals surface area (Å²) in [5.41, 5.74) is 0.0185. The Kier molecular flexibility index (Phi) is 6.42. The van der Waals surface area contributed by atoms with E-state index in [9.17, 15) is 23.2 Å². The molecule has 0 spiro atoms. The molecule has 0 aliphatic heterocycles. The fourth-order valence-electron chi connectivity index (χ4n) is 1.61. The van der Waals surface area contributed by atoms with Crippen LogP contribution in [0.4, 0.5) is 14.5 Å². The number of aromatic nitrogens is 2. The molecule has 1 aromatic heterocycles. The number of nitrogens with one attached hydrogen (secondary N) is 1. The van der Waals surface area contributed by atoms with Gasteiger partial charge in [0, 0.05) is 6.20 Å². The first-order valence-electron chi connectivity index (χ1n) is 6.14. The van der Waals surface area contributed by atoms with Gasteiger partial charge in [-0.2, -0.15) is 13.9 Å². The van der Waals surface area contributed by atoms with Crippen LogP contribution in [-0.2, 0) is 23.9 Å². The van der Waals surface area contributed by atoms with Gasteiger partial charge in [-0.15, -0.1) is 0 Å². The van der Waals surface area contributed by atoms with Crippen molar-refractivity contribution in [1.29, 1.82) is 0 Å². The molecule has 122 valence electrons. The number of halogens is 2. The standard InChI is InChI=1S/C12H15F2N3O5/c1-21-9(18)3-8(4-10(19)22-2)17-6-7(5-15-17)16-12(20)11(13)14/h5-6,8,11H,3-4H2,1-2H3,(H,16,20). The summed E-state index contributed by atoms with van der Waals surface area (Å²) in [5, 5.41) is 5.79. The minimum absolute atomic E-state index is 0.0185. The summed E-state index contributed by atoms with van der Waals surface area (Å²) in [6.45, 7) is 0. The maximum Gasteiger partial charge on any atom is 0.315 e. The van der Waals surface area contributed by atoms with Gasteiger partial charge in [0.2, 0.25) is 0 Å². The number of alkyl halides is 2. The number of hydrogen-bond donors (Lipinski definition) is 1. The zero-order valence-corrected chi connectivity index (χ0v) is 11.9. The van der Waals surface area contributed by atoms with Gasteiger partial charge in [-0.1, -0.05) is 0 Å². The minimum Gasteiger partial charge on any atom is -0.469 e. The van der Waals surface area contributed by atoms with Gasteiger partial charge >= 0.3 is 18.4 Å². The van der Waals surface area contributed by atoms with Gasteiger partial charge in [-0.3, -0.25) is 19.1 Å². The Morgan fingerprint density at radius 3 is 2.23 bits per heavy atom. The molecule has 0 saturated carbocycles. The van der Waals surface area contributed by atoms with Crippen molar-refractivity contribution in [2.45, 2.75) is 25.3 Å². The van der Waals surface area contributed by atoms with Gasteiger partial charge in [0.15, 0.2) is 0 Å². The summed E-state index contributed by atoms with van der Waals surface area (Å²) >= 11 is 0. The van der Waals surface area contributed by atoms with Gasteiger partial charge in [-0.25, -0.2) is 0 Å². The van der Waals surface area contributed by atoms with Crippen molar-refractivity contribution in [1.82, 2.24) is 9.78 Å². The summed E-state index contributed by atoms with van der Waals surface area (Å²) in [6.07, 6.45) is -1.15. The number of hydrogen-bond acceptors (Lipinski definition) is 6. The lowest BCUT2D eigenvalue weighted by atomic mass is 10.1. The molecule has 22 heavy (non-hydrogen) atoms. The van der Waals surface area contributed by atoms with Crippen LogP contribution in [0.25, 0.3) is 0 Å². The molecule has 1 N–H and O–H groups in total. The number of amides is 1. The van der Waals surface area contributed by atoms with Gasteiger partial charge in [0.25, 0.3) is 5.91 Å². The molecule has 0 fully saturated rings. The molecule has 0 saturated heterocycles. The number of carbonyl (C=O) groups excluding carboxylic acids is 3. The molecule has 0 bridgehead atoms. The molecule has 1 heterocycles. The Bertz CT molecular complexity index is 529. The van der Waals surface area contributed by atoms with Crippen LogP contribution in [0.15, 0.2) is 12.4 Å². The average molecular weight is 319 g/mol. The minimum atomic E-state index is -3.16. The number of ether oxygens (including phenoxy) is 2. The van der Waals surface area contributed by atoms with Gasteiger partial charge in [0.05, 0.1) is 45.0 Å². The van der Waals surface area contributed by atoms with Crippen molar-refractivity contribution in [3.05, 3.63) is 12.4 Å². The first-order chi connectivity index (χ1) is 10.4. The molecule has 0 aromatic carbocycles. The highest BCUT2D eigenvalue weighted by Gasteiger charge is 2.22. The summed E-state index contributed by atoms with van der Waals surface area (Å²) in [6, 6.07) is -0.725. The molecule has 1 amide bonds. The van der Waals surface area contributed by atoms with E-state index in [2.05, 4.69) is 14.6 Å². The number of nitrogens with zero attached hydrogens (tertiary/aromatic N) is 2. The lowest BCUT2D eigenvalue weighted by Gasteiger charge is -2.15. The molecule has 0 aliphatic carbocycles. The van der Waals surface area contributed by atoms with E-state index in [1.54, 1.807) is 0 Å². The highest BCUT2D eigenvalue weighted by Crippen LogP contribution is 2.19. The monoisotopic (exact) mass is 319 g/mol. The van der Waals surface area contributed by atoms with Crippen molar-refractivity contribution >= 4 is 23.5 Å². The zero-order valence-electron chi connectivity index (χ0n) is 11.9. The Balaban J connectivity index is 2.85. The van der Waals surface area contributed by atoms with E-state index in [0.29, 0.717) is 0 Å². The number of esters is 2. The first kappa shape index (κ1) is 17.5. The maximum absolute atomic E-state index is 12.2. The van der Waals surface area contributed by atoms with Crippen LogP contribution in [0.3, 0.4) is 0 Å². The van der Waals surface area contributed by atoms with Crippen LogP contribution in [0.1, 0.15) is 18.9 Å². The van der Waals surface area contributed by atoms with Gasteiger partial charge in [0.1, 0.15) is 0 Å². The SMILES string of the molecule is COC(=O)CC(CC(=O)OC)n1cc(NC(=O)C(F)F)cn1. The van der Waals surface area contributed by atoms with Crippen LogP contribution in [0.2, 0.25) is 0 Å². The Morgan fingerprint density at radius 2 is 1.77 bits per heavy atom. The predicted molar refractivity (Wildman–Crippen MR) is 69.2 cm³/mol. The van der Waals surface area contributed by atoms with E-state index < -0.39 is 30.3 Å². The second kappa shape index (κ2) is 8.05. The summed E-state index contributed by atoms with van der Waals surface area (Å²) in [5.74, 6) is -2.64. The van der Waals surface area contributed by atoms with Crippen molar-refractivity contribution in [2.24, 2.45) is 0 Å². The van der Waals surface area contributed by atoms with Crippen molar-refractivity contribution in [2.75, 3.05) is 19.5 Å². The molecule has 0 radical (unpaired) electrons. The van der Waals surface area contributed by atoms with E-state index in [4.69, 9.17) is 0 Å². The first-order valence-corrected chi connectivity index (χ1v) is 6.14. The Labute approximate surface area is 124 Å². The quantitative estimate of drug-likeness (QED) is 0.745. The number of carbonyl (C=O) groups is 3. The maximum atomic E-state index is 12.2. The van der Waals surface area contributed by atoms with E-state index in [-0.39, 0.29) is 18.5 Å². The fraction of sp³-hybridized carbons (Fsp3) is 0.500. The van der Waals surface area contributed by atoms with Crippen molar-refractivity contribution in [3.63, 3.8) is 0 Å². The largest absolute Gasteiger partial charge is 0.469 e. The van der Waals surface area contributed by atoms with Crippen LogP contribution >= 0.6 is 0 Å². The van der Waals surface area contributed by atoms with E-state index in [0.717, 1.165) is 6.20 Å². The highest BCUT2D eigenvalue weighted by molar-refractivity contribution is 5.92. The molecule has 10 heteroatoms. The number of anilines is 1. The summed E-state index contributed by atoms with van der Waals surface area (Å²) in [4.78, 5) is 33.6. The molecule has 0 atom stereocenters. The molecule has 0 unspecified atom stereocenters. The Morgan fingerprint density at radius 1 is 1.23 bits per heavy atom. The third-order valence-electron chi connectivity index (χ3n) is 2.70. The smallest absolute Gasteiger partial charge is 0.315 e. The lowest BCUT2D eigenvalue weighted by Crippen LogP contribution is -2.20. The van der Waals surface area contributed by atoms with Gasteiger partial charge < -0.3 is 14.8 Å². The normalized spacial score (nSPS) is 10.6. The average Bonchev–Trinajstić information content (AvgIpc) is 2.94. The van der Waals surface area contributed by atoms with Crippen LogP contribution in [0.5, 0.6) is 0 Å². The topological polar surface area (TPSA) is 99.5 Å². The number of methoxy groups -OCH3 is 2. The molecule has 8 nitrogen and oxygen atoms in total. The molecular weight excluding hydrogens is 304 g/mol. The van der Waals surface area contributed by atoms with Crippen LogP contribution < -0.4 is 5.32 Å². The van der Waals surface area contributed by atoms with E-state index in [1.165, 1.54) is 25.1 Å². The predicted octanol–water partition coefficient (Wildman–Crippen LogP) is 0.754.